The van der Waals surface area contributed by atoms with Gasteiger partial charge in [-0.1, -0.05) is 58.0 Å². The summed E-state index contributed by atoms with van der Waals surface area (Å²) in [5, 5.41) is 11.2. The summed E-state index contributed by atoms with van der Waals surface area (Å²) in [5.74, 6) is -1.28. The van der Waals surface area contributed by atoms with E-state index in [2.05, 4.69) is 31.2 Å². The fraction of sp³-hybridized carbons (Fsp3) is 0.455. The summed E-state index contributed by atoms with van der Waals surface area (Å²) in [7, 11) is 0. The van der Waals surface area contributed by atoms with Gasteiger partial charge in [-0.2, -0.15) is 0 Å². The zero-order chi connectivity index (χ0) is 33.9. The third-order valence-corrected chi connectivity index (χ3v) is 6.87. The average Bonchev–Trinajstić information content (AvgIpc) is 3.02. The standard InChI is InChI=1S/C33H48N8O5/c1-22(2)19-27(31(44)40-28(23(3)4)20-38-29(42)13-12-24-14-17-36-18-15-24)39-30(43)26(11-8-16-37-32(34)35)41-33(45)46-21-25-9-6-5-7-10-25/h5-7,9-10,12-15,17-18,22-23,26-28H,8,11,16,19-21H2,1-4H3,(H,38,42)(H,39,43)(H,40,44)(H,41,45)(H4,34,35,37). The van der Waals surface area contributed by atoms with Gasteiger partial charge in [0, 0.05) is 37.6 Å². The van der Waals surface area contributed by atoms with Crippen LogP contribution in [0.1, 0.15) is 58.1 Å². The summed E-state index contributed by atoms with van der Waals surface area (Å²) in [5.41, 5.74) is 12.5. The van der Waals surface area contributed by atoms with E-state index in [1.807, 2.05) is 58.0 Å². The first-order chi connectivity index (χ1) is 21.9. The summed E-state index contributed by atoms with van der Waals surface area (Å²) in [6, 6.07) is 10.4. The Balaban J connectivity index is 2.06. The molecule has 250 valence electrons. The van der Waals surface area contributed by atoms with Crippen molar-refractivity contribution >= 4 is 35.9 Å². The Bertz CT molecular complexity index is 1300. The molecule has 2 rings (SSSR count). The number of amides is 4. The van der Waals surface area contributed by atoms with Crippen LogP contribution < -0.4 is 32.7 Å². The van der Waals surface area contributed by atoms with Gasteiger partial charge in [-0.25, -0.2) is 4.79 Å². The number of hydrogen-bond donors (Lipinski definition) is 6. The van der Waals surface area contributed by atoms with E-state index in [1.165, 1.54) is 6.08 Å². The zero-order valence-corrected chi connectivity index (χ0v) is 27.1. The Hall–Kier alpha value is -4.94. The molecule has 13 heteroatoms. The predicted molar refractivity (Wildman–Crippen MR) is 178 cm³/mol. The Kier molecular flexibility index (Phi) is 16.3. The molecule has 3 unspecified atom stereocenters. The maximum absolute atomic E-state index is 13.5. The number of nitrogens with one attached hydrogen (secondary N) is 4. The van der Waals surface area contributed by atoms with Crippen molar-refractivity contribution in [3.63, 3.8) is 0 Å². The van der Waals surface area contributed by atoms with E-state index in [9.17, 15) is 19.2 Å². The van der Waals surface area contributed by atoms with Crippen molar-refractivity contribution in [3.8, 4) is 0 Å². The number of benzene rings is 1. The number of carbonyl (C=O) groups excluding carboxylic acids is 4. The van der Waals surface area contributed by atoms with E-state index in [0.29, 0.717) is 12.8 Å². The summed E-state index contributed by atoms with van der Waals surface area (Å²) in [4.78, 5) is 60.0. The molecule has 0 aliphatic rings. The lowest BCUT2D eigenvalue weighted by molar-refractivity contribution is -0.131. The molecule has 0 aliphatic heterocycles. The number of carbonyl (C=O) groups is 4. The minimum atomic E-state index is -1.01. The fourth-order valence-corrected chi connectivity index (χ4v) is 4.31. The molecular weight excluding hydrogens is 588 g/mol. The predicted octanol–water partition coefficient (Wildman–Crippen LogP) is 2.23. The zero-order valence-electron chi connectivity index (χ0n) is 27.1. The Morgan fingerprint density at radius 2 is 1.59 bits per heavy atom. The number of nitrogens with two attached hydrogens (primary N) is 2. The first kappa shape index (κ1) is 37.2. The number of rotatable bonds is 18. The first-order valence-corrected chi connectivity index (χ1v) is 15.4. The second-order valence-corrected chi connectivity index (χ2v) is 11.6. The normalized spacial score (nSPS) is 13.0. The minimum absolute atomic E-state index is 0.0202. The van der Waals surface area contributed by atoms with E-state index in [-0.39, 0.29) is 49.8 Å². The van der Waals surface area contributed by atoms with E-state index in [0.717, 1.165) is 11.1 Å². The molecule has 0 fully saturated rings. The number of guanidine groups is 1. The SMILES string of the molecule is CC(C)CC(NC(=O)C(CCCN=C(N)N)NC(=O)OCc1ccccc1)C(=O)NC(CNC(=O)C=Cc1ccncc1)C(C)C. The Morgan fingerprint density at radius 1 is 0.913 bits per heavy atom. The molecule has 46 heavy (non-hydrogen) atoms. The lowest BCUT2D eigenvalue weighted by Gasteiger charge is -2.28. The van der Waals surface area contributed by atoms with E-state index < -0.39 is 36.0 Å². The molecule has 0 spiro atoms. The monoisotopic (exact) mass is 636 g/mol. The molecule has 1 aromatic carbocycles. The highest BCUT2D eigenvalue weighted by molar-refractivity contribution is 5.92. The second kappa shape index (κ2) is 20.2. The van der Waals surface area contributed by atoms with Crippen molar-refractivity contribution in [2.24, 2.45) is 28.3 Å². The molecule has 0 saturated carbocycles. The lowest BCUT2D eigenvalue weighted by atomic mass is 9.99. The smallest absolute Gasteiger partial charge is 0.408 e. The van der Waals surface area contributed by atoms with Crippen LogP contribution in [0.15, 0.2) is 65.9 Å². The molecule has 1 heterocycles. The Labute approximate surface area is 271 Å². The second-order valence-electron chi connectivity index (χ2n) is 11.6. The van der Waals surface area contributed by atoms with Crippen LogP contribution in [0.3, 0.4) is 0 Å². The van der Waals surface area contributed by atoms with Gasteiger partial charge in [0.25, 0.3) is 0 Å². The van der Waals surface area contributed by atoms with Crippen molar-refractivity contribution in [2.45, 2.75) is 71.7 Å². The number of pyridine rings is 1. The van der Waals surface area contributed by atoms with Gasteiger partial charge in [-0.3, -0.25) is 24.4 Å². The van der Waals surface area contributed by atoms with Crippen LogP contribution >= 0.6 is 0 Å². The summed E-state index contributed by atoms with van der Waals surface area (Å²) < 4.78 is 5.32. The largest absolute Gasteiger partial charge is 0.445 e. The molecule has 0 radical (unpaired) electrons. The average molecular weight is 637 g/mol. The highest BCUT2D eigenvalue weighted by Gasteiger charge is 2.29. The van der Waals surface area contributed by atoms with Crippen molar-refractivity contribution in [2.75, 3.05) is 13.1 Å². The number of alkyl carbamates (subject to hydrolysis) is 1. The van der Waals surface area contributed by atoms with Crippen LogP contribution in [-0.4, -0.2) is 66.0 Å². The Morgan fingerprint density at radius 3 is 2.22 bits per heavy atom. The number of aliphatic imine (C=N–C) groups is 1. The fourth-order valence-electron chi connectivity index (χ4n) is 4.31. The minimum Gasteiger partial charge on any atom is -0.445 e. The first-order valence-electron chi connectivity index (χ1n) is 15.4. The van der Waals surface area contributed by atoms with Crippen LogP contribution in [0, 0.1) is 11.8 Å². The maximum atomic E-state index is 13.5. The number of hydrogen-bond acceptors (Lipinski definition) is 7. The van der Waals surface area contributed by atoms with Gasteiger partial charge >= 0.3 is 6.09 Å². The van der Waals surface area contributed by atoms with Crippen molar-refractivity contribution in [3.05, 3.63) is 72.1 Å². The molecule has 1 aromatic heterocycles. The number of ether oxygens (including phenoxy) is 1. The molecule has 0 saturated heterocycles. The number of nitrogens with zero attached hydrogens (tertiary/aromatic N) is 2. The highest BCUT2D eigenvalue weighted by Crippen LogP contribution is 2.10. The molecule has 3 atom stereocenters. The van der Waals surface area contributed by atoms with Crippen molar-refractivity contribution in [1.29, 1.82) is 0 Å². The van der Waals surface area contributed by atoms with Crippen molar-refractivity contribution < 1.29 is 23.9 Å². The van der Waals surface area contributed by atoms with Crippen LogP contribution in [0.2, 0.25) is 0 Å². The van der Waals surface area contributed by atoms with Gasteiger partial charge in [0.1, 0.15) is 18.7 Å². The van der Waals surface area contributed by atoms with E-state index >= 15 is 0 Å². The molecule has 13 nitrogen and oxygen atoms in total. The van der Waals surface area contributed by atoms with Crippen molar-refractivity contribution in [1.82, 2.24) is 26.3 Å². The maximum Gasteiger partial charge on any atom is 0.408 e. The van der Waals surface area contributed by atoms with Gasteiger partial charge < -0.3 is 37.5 Å². The molecule has 8 N–H and O–H groups in total. The van der Waals surface area contributed by atoms with E-state index in [4.69, 9.17) is 16.2 Å². The highest BCUT2D eigenvalue weighted by atomic mass is 16.5. The summed E-state index contributed by atoms with van der Waals surface area (Å²) >= 11 is 0. The molecule has 0 bridgehead atoms. The van der Waals surface area contributed by atoms with E-state index in [1.54, 1.807) is 30.6 Å². The third-order valence-electron chi connectivity index (χ3n) is 6.87. The molecule has 2 aromatic rings. The summed E-state index contributed by atoms with van der Waals surface area (Å²) in [6.45, 7) is 8.20. The van der Waals surface area contributed by atoms with Crippen LogP contribution in [0.5, 0.6) is 0 Å². The van der Waals surface area contributed by atoms with Gasteiger partial charge in [0.05, 0.1) is 0 Å². The quantitative estimate of drug-likeness (QED) is 0.0618. The molecule has 0 aliphatic carbocycles. The molecular formula is C33H48N8O5. The summed E-state index contributed by atoms with van der Waals surface area (Å²) in [6.07, 6.45) is 6.53. The lowest BCUT2D eigenvalue weighted by Crippen LogP contribution is -2.57. The van der Waals surface area contributed by atoms with Gasteiger partial charge in [-0.15, -0.1) is 0 Å². The van der Waals surface area contributed by atoms with Gasteiger partial charge in [0.2, 0.25) is 17.7 Å². The van der Waals surface area contributed by atoms with Gasteiger partial charge in [-0.05, 0) is 60.4 Å². The van der Waals surface area contributed by atoms with Crippen LogP contribution in [-0.2, 0) is 25.7 Å². The van der Waals surface area contributed by atoms with Crippen LogP contribution in [0.25, 0.3) is 6.08 Å². The topological polar surface area (TPSA) is 203 Å². The van der Waals surface area contributed by atoms with Gasteiger partial charge in [0.15, 0.2) is 5.96 Å². The third kappa shape index (κ3) is 15.2. The number of aromatic nitrogens is 1. The van der Waals surface area contributed by atoms with Crippen LogP contribution in [0.4, 0.5) is 4.79 Å². The molecule has 4 amide bonds.